The SMILES string of the molecule is COC1CNCC(OC)N1. The summed E-state index contributed by atoms with van der Waals surface area (Å²) >= 11 is 0. The van der Waals surface area contributed by atoms with Gasteiger partial charge in [-0.2, -0.15) is 0 Å². The largest absolute Gasteiger partial charge is 0.365 e. The Kier molecular flexibility index (Phi) is 3.08. The van der Waals surface area contributed by atoms with Gasteiger partial charge in [-0.15, -0.1) is 0 Å². The van der Waals surface area contributed by atoms with Crippen molar-refractivity contribution in [3.8, 4) is 0 Å². The fourth-order valence-electron chi connectivity index (χ4n) is 0.973. The molecule has 60 valence electrons. The normalized spacial score (nSPS) is 34.2. The summed E-state index contributed by atoms with van der Waals surface area (Å²) in [6.45, 7) is 1.69. The molecule has 0 aliphatic carbocycles. The second kappa shape index (κ2) is 3.88. The first kappa shape index (κ1) is 7.94. The molecule has 2 unspecified atom stereocenters. The second-order valence-electron chi connectivity index (χ2n) is 2.27. The van der Waals surface area contributed by atoms with Crippen LogP contribution in [-0.2, 0) is 9.47 Å². The first-order valence-electron chi connectivity index (χ1n) is 3.39. The number of hydrogen-bond acceptors (Lipinski definition) is 4. The second-order valence-corrected chi connectivity index (χ2v) is 2.27. The third kappa shape index (κ3) is 1.91. The van der Waals surface area contributed by atoms with Gasteiger partial charge in [0.25, 0.3) is 0 Å². The highest BCUT2D eigenvalue weighted by atomic mass is 16.5. The van der Waals surface area contributed by atoms with Crippen molar-refractivity contribution in [3.63, 3.8) is 0 Å². The van der Waals surface area contributed by atoms with E-state index in [1.54, 1.807) is 14.2 Å². The standard InChI is InChI=1S/C6H14N2O2/c1-9-5-3-7-4-6(8-5)10-2/h5-8H,3-4H2,1-2H3. The van der Waals surface area contributed by atoms with Crippen molar-refractivity contribution in [3.05, 3.63) is 0 Å². The molecule has 2 atom stereocenters. The van der Waals surface area contributed by atoms with E-state index in [4.69, 9.17) is 9.47 Å². The van der Waals surface area contributed by atoms with Crippen LogP contribution in [0, 0.1) is 0 Å². The van der Waals surface area contributed by atoms with Gasteiger partial charge in [0.1, 0.15) is 12.5 Å². The van der Waals surface area contributed by atoms with E-state index >= 15 is 0 Å². The molecule has 10 heavy (non-hydrogen) atoms. The lowest BCUT2D eigenvalue weighted by Gasteiger charge is -2.29. The molecule has 0 amide bonds. The maximum absolute atomic E-state index is 5.07. The molecule has 1 rings (SSSR count). The van der Waals surface area contributed by atoms with Crippen LogP contribution in [0.5, 0.6) is 0 Å². The molecule has 4 nitrogen and oxygen atoms in total. The van der Waals surface area contributed by atoms with E-state index in [-0.39, 0.29) is 12.5 Å². The number of hydrogen-bond donors (Lipinski definition) is 2. The quantitative estimate of drug-likeness (QED) is 0.531. The highest BCUT2D eigenvalue weighted by molar-refractivity contribution is 4.71. The van der Waals surface area contributed by atoms with E-state index in [9.17, 15) is 0 Å². The predicted octanol–water partition coefficient (Wildman–Crippen LogP) is -0.876. The van der Waals surface area contributed by atoms with Gasteiger partial charge in [-0.25, -0.2) is 0 Å². The average molecular weight is 146 g/mol. The number of nitrogens with one attached hydrogen (secondary N) is 2. The third-order valence-electron chi connectivity index (χ3n) is 1.60. The molecule has 1 aliphatic heterocycles. The smallest absolute Gasteiger partial charge is 0.122 e. The Morgan fingerprint density at radius 1 is 1.10 bits per heavy atom. The molecule has 4 heteroatoms. The predicted molar refractivity (Wildman–Crippen MR) is 37.6 cm³/mol. The average Bonchev–Trinajstić information content (AvgIpc) is 2.05. The Bertz CT molecular complexity index is 89.7. The number of ether oxygens (including phenoxy) is 2. The van der Waals surface area contributed by atoms with Crippen molar-refractivity contribution in [2.24, 2.45) is 0 Å². The fraction of sp³-hybridized carbons (Fsp3) is 1.00. The van der Waals surface area contributed by atoms with Gasteiger partial charge in [0.2, 0.25) is 0 Å². The summed E-state index contributed by atoms with van der Waals surface area (Å²) in [5.74, 6) is 0. The molecule has 1 heterocycles. The fourth-order valence-corrected chi connectivity index (χ4v) is 0.973. The minimum atomic E-state index is 0.0821. The lowest BCUT2D eigenvalue weighted by atomic mass is 10.4. The Balaban J connectivity index is 2.25. The monoisotopic (exact) mass is 146 g/mol. The van der Waals surface area contributed by atoms with Crippen LogP contribution < -0.4 is 10.6 Å². The topological polar surface area (TPSA) is 42.5 Å². The number of rotatable bonds is 2. The van der Waals surface area contributed by atoms with Crippen LogP contribution in [0.3, 0.4) is 0 Å². The van der Waals surface area contributed by atoms with Crippen molar-refractivity contribution in [1.82, 2.24) is 10.6 Å². The summed E-state index contributed by atoms with van der Waals surface area (Å²) in [7, 11) is 3.36. The van der Waals surface area contributed by atoms with Gasteiger partial charge in [0.05, 0.1) is 0 Å². The summed E-state index contributed by atoms with van der Waals surface area (Å²) in [5.41, 5.74) is 0. The molecule has 0 aromatic rings. The first-order valence-corrected chi connectivity index (χ1v) is 3.39. The van der Waals surface area contributed by atoms with E-state index in [1.165, 1.54) is 0 Å². The van der Waals surface area contributed by atoms with Gasteiger partial charge >= 0.3 is 0 Å². The zero-order chi connectivity index (χ0) is 7.40. The molecule has 1 aliphatic rings. The van der Waals surface area contributed by atoms with Crippen molar-refractivity contribution < 1.29 is 9.47 Å². The number of methoxy groups -OCH3 is 2. The summed E-state index contributed by atoms with van der Waals surface area (Å²) in [6.07, 6.45) is 0.164. The van der Waals surface area contributed by atoms with Gasteiger partial charge in [0, 0.05) is 27.3 Å². The molecule has 0 spiro atoms. The summed E-state index contributed by atoms with van der Waals surface area (Å²) in [4.78, 5) is 0. The Morgan fingerprint density at radius 3 is 2.00 bits per heavy atom. The van der Waals surface area contributed by atoms with Crippen molar-refractivity contribution >= 4 is 0 Å². The highest BCUT2D eigenvalue weighted by Crippen LogP contribution is 1.94. The summed E-state index contributed by atoms with van der Waals surface area (Å²) in [5, 5.41) is 6.32. The van der Waals surface area contributed by atoms with Crippen molar-refractivity contribution in [1.29, 1.82) is 0 Å². The Labute approximate surface area is 60.9 Å². The van der Waals surface area contributed by atoms with Gasteiger partial charge < -0.3 is 14.8 Å². The Hall–Kier alpha value is -0.160. The number of piperazine rings is 1. The molecule has 2 N–H and O–H groups in total. The minimum absolute atomic E-state index is 0.0821. The zero-order valence-electron chi connectivity index (χ0n) is 6.39. The van der Waals surface area contributed by atoms with Crippen LogP contribution in [0.4, 0.5) is 0 Å². The van der Waals surface area contributed by atoms with Crippen molar-refractivity contribution in [2.45, 2.75) is 12.5 Å². The third-order valence-corrected chi connectivity index (χ3v) is 1.60. The van der Waals surface area contributed by atoms with Crippen LogP contribution in [0.25, 0.3) is 0 Å². The molecule has 0 bridgehead atoms. The van der Waals surface area contributed by atoms with E-state index in [0.717, 1.165) is 13.1 Å². The van der Waals surface area contributed by atoms with E-state index in [0.29, 0.717) is 0 Å². The van der Waals surface area contributed by atoms with Gasteiger partial charge in [-0.1, -0.05) is 0 Å². The van der Waals surface area contributed by atoms with Crippen LogP contribution in [-0.4, -0.2) is 39.8 Å². The van der Waals surface area contributed by atoms with Crippen LogP contribution in [0.15, 0.2) is 0 Å². The van der Waals surface area contributed by atoms with Crippen molar-refractivity contribution in [2.75, 3.05) is 27.3 Å². The van der Waals surface area contributed by atoms with E-state index < -0.39 is 0 Å². The summed E-state index contributed by atoms with van der Waals surface area (Å²) < 4.78 is 10.1. The first-order chi connectivity index (χ1) is 4.86. The highest BCUT2D eigenvalue weighted by Gasteiger charge is 2.18. The van der Waals surface area contributed by atoms with E-state index in [1.807, 2.05) is 0 Å². The molecule has 0 aromatic carbocycles. The maximum Gasteiger partial charge on any atom is 0.122 e. The maximum atomic E-state index is 5.07. The molecule has 0 aromatic heterocycles. The van der Waals surface area contributed by atoms with Gasteiger partial charge in [-0.3, -0.25) is 5.32 Å². The van der Waals surface area contributed by atoms with Gasteiger partial charge in [-0.05, 0) is 0 Å². The van der Waals surface area contributed by atoms with Gasteiger partial charge in [0.15, 0.2) is 0 Å². The molecule has 1 fully saturated rings. The molecule has 0 saturated carbocycles. The van der Waals surface area contributed by atoms with Crippen LogP contribution in [0.1, 0.15) is 0 Å². The lowest BCUT2D eigenvalue weighted by molar-refractivity contribution is -0.0298. The molecule has 0 radical (unpaired) electrons. The Morgan fingerprint density at radius 2 is 1.60 bits per heavy atom. The van der Waals surface area contributed by atoms with Crippen LogP contribution in [0.2, 0.25) is 0 Å². The summed E-state index contributed by atoms with van der Waals surface area (Å²) in [6, 6.07) is 0. The molecular formula is C6H14N2O2. The van der Waals surface area contributed by atoms with Crippen LogP contribution >= 0.6 is 0 Å². The lowest BCUT2D eigenvalue weighted by Crippen LogP contribution is -2.56. The zero-order valence-corrected chi connectivity index (χ0v) is 6.39. The van der Waals surface area contributed by atoms with E-state index in [2.05, 4.69) is 10.6 Å². The molecule has 1 saturated heterocycles. The molecular weight excluding hydrogens is 132 g/mol. The minimum Gasteiger partial charge on any atom is -0.365 e.